The minimum atomic E-state index is -0.00905. The maximum atomic E-state index is 5.98. The summed E-state index contributed by atoms with van der Waals surface area (Å²) >= 11 is 5.98. The van der Waals surface area contributed by atoms with Crippen LogP contribution in [0.5, 0.6) is 0 Å². The second-order valence-corrected chi connectivity index (χ2v) is 9.72. The van der Waals surface area contributed by atoms with Crippen LogP contribution in [0, 0.1) is 5.92 Å². The number of rotatable bonds is 6. The van der Waals surface area contributed by atoms with Crippen molar-refractivity contribution >= 4 is 17.3 Å². The van der Waals surface area contributed by atoms with Crippen LogP contribution in [0.25, 0.3) is 5.70 Å². The summed E-state index contributed by atoms with van der Waals surface area (Å²) in [5, 5.41) is 4.34. The number of hydrogen-bond acceptors (Lipinski definition) is 3. The first kappa shape index (κ1) is 23.8. The number of ether oxygens (including phenoxy) is 1. The van der Waals surface area contributed by atoms with Gasteiger partial charge in [-0.1, -0.05) is 55.8 Å². The van der Waals surface area contributed by atoms with E-state index in [1.54, 1.807) is 7.11 Å². The monoisotopic (exact) mass is 465 g/mol. The van der Waals surface area contributed by atoms with Crippen molar-refractivity contribution in [2.45, 2.75) is 63.3 Å². The predicted octanol–water partition coefficient (Wildman–Crippen LogP) is 6.89. The summed E-state index contributed by atoms with van der Waals surface area (Å²) in [7, 11) is 3.86. The highest BCUT2D eigenvalue weighted by Gasteiger charge is 2.34. The Bertz CT molecular complexity index is 1000. The van der Waals surface area contributed by atoms with E-state index in [1.807, 2.05) is 12.3 Å². The Morgan fingerprint density at radius 3 is 2.79 bits per heavy atom. The van der Waals surface area contributed by atoms with Crippen molar-refractivity contribution in [1.82, 2.24) is 14.9 Å². The van der Waals surface area contributed by atoms with Gasteiger partial charge in [-0.3, -0.25) is 0 Å². The van der Waals surface area contributed by atoms with E-state index in [0.29, 0.717) is 11.1 Å². The van der Waals surface area contributed by atoms with Crippen LogP contribution in [-0.4, -0.2) is 23.7 Å². The second kappa shape index (κ2) is 11.2. The van der Waals surface area contributed by atoms with E-state index in [9.17, 15) is 0 Å². The van der Waals surface area contributed by atoms with Gasteiger partial charge >= 0.3 is 0 Å². The molecule has 1 saturated carbocycles. The van der Waals surface area contributed by atoms with Crippen LogP contribution in [0.2, 0.25) is 5.15 Å². The number of methoxy groups -OCH3 is 1. The van der Waals surface area contributed by atoms with Crippen molar-refractivity contribution in [3.05, 3.63) is 83.1 Å². The molecule has 2 aromatic rings. The summed E-state index contributed by atoms with van der Waals surface area (Å²) in [6.45, 7) is 0. The van der Waals surface area contributed by atoms with Gasteiger partial charge in [-0.2, -0.15) is 0 Å². The summed E-state index contributed by atoms with van der Waals surface area (Å²) < 4.78 is 7.82. The van der Waals surface area contributed by atoms with E-state index in [2.05, 4.69) is 70.6 Å². The number of allylic oxidation sites excluding steroid dienone is 5. The maximum absolute atomic E-state index is 5.98. The van der Waals surface area contributed by atoms with Crippen LogP contribution >= 0.6 is 11.6 Å². The van der Waals surface area contributed by atoms with Gasteiger partial charge in [0.15, 0.2) is 0 Å². The van der Waals surface area contributed by atoms with Crippen molar-refractivity contribution in [3.8, 4) is 0 Å². The molecule has 4 rings (SSSR count). The minimum absolute atomic E-state index is 0.00905. The fraction of sp³-hybridized carbons (Fsp3) is 0.464. The molecule has 1 fully saturated rings. The molecule has 176 valence electrons. The van der Waals surface area contributed by atoms with Crippen LogP contribution in [0.4, 0.5) is 0 Å². The van der Waals surface area contributed by atoms with Gasteiger partial charge in [-0.15, -0.1) is 0 Å². The number of pyridine rings is 1. The van der Waals surface area contributed by atoms with Crippen molar-refractivity contribution in [2.24, 2.45) is 5.92 Å². The first-order chi connectivity index (χ1) is 16.1. The molecule has 0 aromatic carbocycles. The third-order valence-corrected chi connectivity index (χ3v) is 7.53. The number of nitrogens with zero attached hydrogens (tertiary/aromatic N) is 2. The SMILES string of the molecule is CNC1(c2cccn2C2=CC=C(OC)C=CC2)CCCCC(Cc2ccc(Cl)nc2)CCC1. The quantitative estimate of drug-likeness (QED) is 0.472. The van der Waals surface area contributed by atoms with Crippen molar-refractivity contribution in [3.63, 3.8) is 0 Å². The van der Waals surface area contributed by atoms with Crippen molar-refractivity contribution in [2.75, 3.05) is 14.2 Å². The fourth-order valence-corrected chi connectivity index (χ4v) is 5.57. The number of aromatic nitrogens is 2. The molecule has 2 unspecified atom stereocenters. The third-order valence-electron chi connectivity index (χ3n) is 7.31. The topological polar surface area (TPSA) is 39.1 Å². The van der Waals surface area contributed by atoms with Crippen LogP contribution < -0.4 is 5.32 Å². The highest BCUT2D eigenvalue weighted by Crippen LogP contribution is 2.38. The van der Waals surface area contributed by atoms with Gasteiger partial charge < -0.3 is 14.6 Å². The molecule has 0 radical (unpaired) electrons. The standard InChI is InChI=1S/C28H36ClN3O/c1-30-28(26-12-7-19-32(26)24-10-5-11-25(33-2)15-14-24)17-4-3-8-22(9-6-18-28)20-23-13-16-27(29)31-21-23/h5,7,11-16,19,21-22,30H,3-4,6,8-10,17-18,20H2,1-2H3. The average Bonchev–Trinajstić information content (AvgIpc) is 3.24. The van der Waals surface area contributed by atoms with E-state index >= 15 is 0 Å². The highest BCUT2D eigenvalue weighted by molar-refractivity contribution is 6.29. The Hall–Kier alpha value is -2.30. The van der Waals surface area contributed by atoms with Crippen LogP contribution in [-0.2, 0) is 16.7 Å². The van der Waals surface area contributed by atoms with E-state index in [4.69, 9.17) is 16.3 Å². The molecular formula is C28H36ClN3O. The molecule has 2 atom stereocenters. The lowest BCUT2D eigenvalue weighted by atomic mass is 9.84. The molecule has 33 heavy (non-hydrogen) atoms. The van der Waals surface area contributed by atoms with Crippen molar-refractivity contribution in [1.29, 1.82) is 0 Å². The highest BCUT2D eigenvalue weighted by atomic mass is 35.5. The number of halogens is 1. The Balaban J connectivity index is 1.51. The average molecular weight is 466 g/mol. The van der Waals surface area contributed by atoms with Crippen molar-refractivity contribution < 1.29 is 4.74 Å². The van der Waals surface area contributed by atoms with Crippen LogP contribution in [0.15, 0.2) is 66.7 Å². The zero-order valence-electron chi connectivity index (χ0n) is 19.9. The molecule has 0 aliphatic heterocycles. The number of nitrogens with one attached hydrogen (secondary N) is 1. The van der Waals surface area contributed by atoms with Crippen LogP contribution in [0.3, 0.4) is 0 Å². The largest absolute Gasteiger partial charge is 0.497 e. The Kier molecular flexibility index (Phi) is 8.11. The summed E-state index contributed by atoms with van der Waals surface area (Å²) in [6.07, 6.45) is 23.2. The maximum Gasteiger partial charge on any atom is 0.129 e. The summed E-state index contributed by atoms with van der Waals surface area (Å²) in [5.74, 6) is 1.60. The molecular weight excluding hydrogens is 430 g/mol. The second-order valence-electron chi connectivity index (χ2n) is 9.33. The molecule has 0 saturated heterocycles. The van der Waals surface area contributed by atoms with Gasteiger partial charge in [0.1, 0.15) is 10.9 Å². The van der Waals surface area contributed by atoms with Gasteiger partial charge in [0.2, 0.25) is 0 Å². The van der Waals surface area contributed by atoms with E-state index < -0.39 is 0 Å². The van der Waals surface area contributed by atoms with Crippen LogP contribution in [0.1, 0.15) is 62.6 Å². The van der Waals surface area contributed by atoms with E-state index in [1.165, 1.54) is 49.1 Å². The normalized spacial score (nSPS) is 24.2. The van der Waals surface area contributed by atoms with E-state index in [0.717, 1.165) is 31.4 Å². The van der Waals surface area contributed by atoms with Gasteiger partial charge in [0, 0.05) is 30.2 Å². The molecule has 0 spiro atoms. The van der Waals surface area contributed by atoms with Gasteiger partial charge in [0.05, 0.1) is 12.6 Å². The van der Waals surface area contributed by atoms with Gasteiger partial charge in [0.25, 0.3) is 0 Å². The molecule has 2 aliphatic rings. The molecule has 2 heterocycles. The summed E-state index contributed by atoms with van der Waals surface area (Å²) in [6, 6.07) is 8.54. The first-order valence-electron chi connectivity index (χ1n) is 12.2. The first-order valence-corrected chi connectivity index (χ1v) is 12.6. The third kappa shape index (κ3) is 5.80. The smallest absolute Gasteiger partial charge is 0.129 e. The number of hydrogen-bond donors (Lipinski definition) is 1. The Labute approximate surface area is 203 Å². The lowest BCUT2D eigenvalue weighted by Crippen LogP contribution is -2.41. The summed E-state index contributed by atoms with van der Waals surface area (Å²) in [4.78, 5) is 4.28. The molecule has 4 nitrogen and oxygen atoms in total. The van der Waals surface area contributed by atoms with Gasteiger partial charge in [-0.25, -0.2) is 4.98 Å². The molecule has 1 N–H and O–H groups in total. The minimum Gasteiger partial charge on any atom is -0.497 e. The molecule has 5 heteroatoms. The molecule has 2 aromatic heterocycles. The fourth-order valence-electron chi connectivity index (χ4n) is 5.45. The lowest BCUT2D eigenvalue weighted by molar-refractivity contribution is 0.282. The summed E-state index contributed by atoms with van der Waals surface area (Å²) in [5.41, 5.74) is 3.94. The van der Waals surface area contributed by atoms with Gasteiger partial charge in [-0.05, 0) is 74.2 Å². The van der Waals surface area contributed by atoms with E-state index in [-0.39, 0.29) is 5.54 Å². The Morgan fingerprint density at radius 1 is 1.15 bits per heavy atom. The zero-order chi connectivity index (χ0) is 23.1. The molecule has 2 aliphatic carbocycles. The molecule has 0 amide bonds. The Morgan fingerprint density at radius 2 is 2.00 bits per heavy atom. The molecule has 0 bridgehead atoms. The lowest BCUT2D eigenvalue weighted by Gasteiger charge is -2.35. The predicted molar refractivity (Wildman–Crippen MR) is 137 cm³/mol. The zero-order valence-corrected chi connectivity index (χ0v) is 20.7.